The molecule has 0 bridgehead atoms. The molecular formula is C23H23ClN2O4S. The van der Waals surface area contributed by atoms with Crippen molar-refractivity contribution in [3.8, 4) is 5.75 Å². The van der Waals surface area contributed by atoms with E-state index in [1.165, 1.54) is 31.4 Å². The van der Waals surface area contributed by atoms with Crippen molar-refractivity contribution < 1.29 is 17.9 Å². The van der Waals surface area contributed by atoms with Crippen LogP contribution in [0.2, 0.25) is 5.02 Å². The first-order chi connectivity index (χ1) is 14.9. The van der Waals surface area contributed by atoms with E-state index in [9.17, 15) is 13.2 Å². The third-order valence-corrected chi connectivity index (χ3v) is 6.65. The summed E-state index contributed by atoms with van der Waals surface area (Å²) in [5, 5.41) is 3.21. The molecule has 162 valence electrons. The number of carbonyl (C=O) groups excluding carboxylic acids is 1. The molecule has 6 nitrogen and oxygen atoms in total. The van der Waals surface area contributed by atoms with Gasteiger partial charge in [-0.05, 0) is 48.4 Å². The normalized spacial score (nSPS) is 11.0. The Morgan fingerprint density at radius 3 is 2.29 bits per heavy atom. The first kappa shape index (κ1) is 22.7. The van der Waals surface area contributed by atoms with Crippen LogP contribution < -0.4 is 14.4 Å². The van der Waals surface area contributed by atoms with Gasteiger partial charge in [-0.15, -0.1) is 0 Å². The molecule has 0 aliphatic rings. The largest absolute Gasteiger partial charge is 0.495 e. The zero-order chi connectivity index (χ0) is 22.3. The van der Waals surface area contributed by atoms with E-state index in [4.69, 9.17) is 16.3 Å². The maximum absolute atomic E-state index is 13.4. The Balaban J connectivity index is 1.84. The number of anilines is 1. The number of amides is 1. The standard InChI is InChI=1S/C23H23ClN2O4S/c1-30-22-10-6-5-9-21(22)26(31(28,29)20-13-11-19(24)12-14-20)17-23(27)25-16-15-18-7-3-2-4-8-18/h2-14H,15-17H2,1H3,(H,25,27). The molecule has 0 heterocycles. The second-order valence-corrected chi connectivity index (χ2v) is 9.02. The van der Waals surface area contributed by atoms with E-state index < -0.39 is 15.9 Å². The van der Waals surface area contributed by atoms with Crippen LogP contribution in [0.5, 0.6) is 5.75 Å². The van der Waals surface area contributed by atoms with E-state index >= 15 is 0 Å². The van der Waals surface area contributed by atoms with Crippen LogP contribution in [0, 0.1) is 0 Å². The predicted octanol–water partition coefficient (Wildman–Crippen LogP) is 3.90. The van der Waals surface area contributed by atoms with E-state index in [0.717, 1.165) is 9.87 Å². The molecule has 0 aliphatic carbocycles. The van der Waals surface area contributed by atoms with Crippen molar-refractivity contribution in [2.75, 3.05) is 24.5 Å². The Labute approximate surface area is 187 Å². The average molecular weight is 459 g/mol. The number of benzene rings is 3. The topological polar surface area (TPSA) is 75.7 Å². The molecule has 0 unspecified atom stereocenters. The first-order valence-corrected chi connectivity index (χ1v) is 11.5. The summed E-state index contributed by atoms with van der Waals surface area (Å²) in [6.07, 6.45) is 0.644. The van der Waals surface area contributed by atoms with Crippen molar-refractivity contribution in [1.29, 1.82) is 0 Å². The van der Waals surface area contributed by atoms with Crippen LogP contribution in [0.4, 0.5) is 5.69 Å². The highest BCUT2D eigenvalue weighted by atomic mass is 35.5. The Morgan fingerprint density at radius 1 is 0.968 bits per heavy atom. The SMILES string of the molecule is COc1ccccc1N(CC(=O)NCCc1ccccc1)S(=O)(=O)c1ccc(Cl)cc1. The first-order valence-electron chi connectivity index (χ1n) is 9.64. The van der Waals surface area contributed by atoms with E-state index in [1.807, 2.05) is 30.3 Å². The lowest BCUT2D eigenvalue weighted by atomic mass is 10.1. The summed E-state index contributed by atoms with van der Waals surface area (Å²) < 4.78 is 33.2. The molecule has 31 heavy (non-hydrogen) atoms. The molecule has 3 rings (SSSR count). The van der Waals surface area contributed by atoms with Crippen LogP contribution in [-0.4, -0.2) is 34.5 Å². The van der Waals surface area contributed by atoms with Gasteiger partial charge in [-0.2, -0.15) is 0 Å². The van der Waals surface area contributed by atoms with Crippen molar-refractivity contribution in [2.24, 2.45) is 0 Å². The van der Waals surface area contributed by atoms with Gasteiger partial charge in [0, 0.05) is 11.6 Å². The number of rotatable bonds is 9. The quantitative estimate of drug-likeness (QED) is 0.527. The van der Waals surface area contributed by atoms with Gasteiger partial charge in [0.2, 0.25) is 5.91 Å². The fraction of sp³-hybridized carbons (Fsp3) is 0.174. The smallest absolute Gasteiger partial charge is 0.264 e. The molecule has 0 fully saturated rings. The molecule has 0 saturated heterocycles. The van der Waals surface area contributed by atoms with Gasteiger partial charge in [-0.3, -0.25) is 9.10 Å². The van der Waals surface area contributed by atoms with E-state index in [0.29, 0.717) is 23.7 Å². The minimum atomic E-state index is -4.04. The number of nitrogens with zero attached hydrogens (tertiary/aromatic N) is 1. The fourth-order valence-electron chi connectivity index (χ4n) is 3.05. The Kier molecular flexibility index (Phi) is 7.55. The number of sulfonamides is 1. The van der Waals surface area contributed by atoms with Crippen molar-refractivity contribution in [3.63, 3.8) is 0 Å². The number of para-hydroxylation sites is 2. The van der Waals surface area contributed by atoms with Crippen LogP contribution in [0.25, 0.3) is 0 Å². The van der Waals surface area contributed by atoms with Crippen molar-refractivity contribution in [3.05, 3.63) is 89.4 Å². The van der Waals surface area contributed by atoms with Crippen molar-refractivity contribution in [1.82, 2.24) is 5.32 Å². The monoisotopic (exact) mass is 458 g/mol. The summed E-state index contributed by atoms with van der Waals surface area (Å²) in [7, 11) is -2.59. The van der Waals surface area contributed by atoms with Crippen LogP contribution in [-0.2, 0) is 21.2 Å². The minimum absolute atomic E-state index is 0.0277. The second-order valence-electron chi connectivity index (χ2n) is 6.72. The summed E-state index contributed by atoms with van der Waals surface area (Å²) in [5.74, 6) is -0.0727. The lowest BCUT2D eigenvalue weighted by Gasteiger charge is -2.25. The van der Waals surface area contributed by atoms with Gasteiger partial charge in [-0.25, -0.2) is 8.42 Å². The number of hydrogen-bond donors (Lipinski definition) is 1. The Hall–Kier alpha value is -3.03. The number of nitrogens with one attached hydrogen (secondary N) is 1. The maximum Gasteiger partial charge on any atom is 0.264 e. The van der Waals surface area contributed by atoms with E-state index in [1.54, 1.807) is 24.3 Å². The van der Waals surface area contributed by atoms with Gasteiger partial charge in [0.1, 0.15) is 12.3 Å². The van der Waals surface area contributed by atoms with Crippen molar-refractivity contribution >= 4 is 33.2 Å². The van der Waals surface area contributed by atoms with Gasteiger partial charge in [0.05, 0.1) is 17.7 Å². The molecule has 0 aliphatic heterocycles. The van der Waals surface area contributed by atoms with Gasteiger partial charge in [0.15, 0.2) is 0 Å². The summed E-state index contributed by atoms with van der Waals surface area (Å²) in [5.41, 5.74) is 1.36. The summed E-state index contributed by atoms with van der Waals surface area (Å²) in [6, 6.07) is 22.2. The number of hydrogen-bond acceptors (Lipinski definition) is 4. The zero-order valence-corrected chi connectivity index (χ0v) is 18.6. The van der Waals surface area contributed by atoms with Gasteiger partial charge >= 0.3 is 0 Å². The summed E-state index contributed by atoms with van der Waals surface area (Å²) >= 11 is 5.91. The van der Waals surface area contributed by atoms with E-state index in [2.05, 4.69) is 5.32 Å². The highest BCUT2D eigenvalue weighted by Crippen LogP contribution is 2.32. The minimum Gasteiger partial charge on any atom is -0.495 e. The van der Waals surface area contributed by atoms with E-state index in [-0.39, 0.29) is 17.1 Å². The highest BCUT2D eigenvalue weighted by Gasteiger charge is 2.29. The van der Waals surface area contributed by atoms with Gasteiger partial charge in [-0.1, -0.05) is 54.1 Å². The molecule has 3 aromatic rings. The molecule has 0 spiro atoms. The molecule has 1 amide bonds. The zero-order valence-electron chi connectivity index (χ0n) is 17.0. The Morgan fingerprint density at radius 2 is 1.61 bits per heavy atom. The van der Waals surface area contributed by atoms with Gasteiger partial charge < -0.3 is 10.1 Å². The van der Waals surface area contributed by atoms with Crippen LogP contribution >= 0.6 is 11.6 Å². The number of ether oxygens (including phenoxy) is 1. The highest BCUT2D eigenvalue weighted by molar-refractivity contribution is 7.92. The summed E-state index contributed by atoms with van der Waals surface area (Å²) in [6.45, 7) is 0.00370. The molecule has 0 aromatic heterocycles. The summed E-state index contributed by atoms with van der Waals surface area (Å²) in [4.78, 5) is 12.7. The molecule has 0 saturated carbocycles. The molecule has 8 heteroatoms. The third-order valence-electron chi connectivity index (χ3n) is 4.62. The van der Waals surface area contributed by atoms with Crippen LogP contribution in [0.15, 0.2) is 83.8 Å². The second kappa shape index (κ2) is 10.3. The molecule has 0 radical (unpaired) electrons. The molecular weight excluding hydrogens is 436 g/mol. The molecule has 0 atom stereocenters. The third kappa shape index (κ3) is 5.77. The van der Waals surface area contributed by atoms with Gasteiger partial charge in [0.25, 0.3) is 10.0 Å². The lowest BCUT2D eigenvalue weighted by Crippen LogP contribution is -2.41. The number of carbonyl (C=O) groups is 1. The van der Waals surface area contributed by atoms with Crippen LogP contribution in [0.1, 0.15) is 5.56 Å². The average Bonchev–Trinajstić information content (AvgIpc) is 2.78. The predicted molar refractivity (Wildman–Crippen MR) is 122 cm³/mol. The Bertz CT molecular complexity index is 1120. The van der Waals surface area contributed by atoms with Crippen LogP contribution in [0.3, 0.4) is 0 Å². The number of halogens is 1. The number of methoxy groups -OCH3 is 1. The van der Waals surface area contributed by atoms with Crippen molar-refractivity contribution in [2.45, 2.75) is 11.3 Å². The fourth-order valence-corrected chi connectivity index (χ4v) is 4.60. The maximum atomic E-state index is 13.4. The molecule has 3 aromatic carbocycles. The molecule has 1 N–H and O–H groups in total. The lowest BCUT2D eigenvalue weighted by molar-refractivity contribution is -0.119.